The minimum Gasteiger partial charge on any atom is -0.460 e. The highest BCUT2D eigenvalue weighted by Gasteiger charge is 2.35. The fraction of sp³-hybridized carbons (Fsp3) is 0.516. The molecule has 0 bridgehead atoms. The Morgan fingerprint density at radius 3 is 2.18 bits per heavy atom. The summed E-state index contributed by atoms with van der Waals surface area (Å²) in [6.45, 7) is 6.90. The number of rotatable bonds is 6. The van der Waals surface area contributed by atoms with E-state index in [1.807, 2.05) is 56.0 Å². The van der Waals surface area contributed by atoms with Crippen molar-refractivity contribution in [3.8, 4) is 0 Å². The maximum Gasteiger partial charge on any atom is 0.411 e. The molecule has 0 spiro atoms. The van der Waals surface area contributed by atoms with Gasteiger partial charge in [0.15, 0.2) is 0 Å². The lowest BCUT2D eigenvalue weighted by Gasteiger charge is -2.36. The Balaban J connectivity index is 1.22. The smallest absolute Gasteiger partial charge is 0.411 e. The number of carbonyl (C=O) groups excluding carboxylic acids is 3. The highest BCUT2D eigenvalue weighted by Crippen LogP contribution is 2.35. The Morgan fingerprint density at radius 1 is 0.923 bits per heavy atom. The number of nitrogens with zero attached hydrogens (tertiary/aromatic N) is 1. The van der Waals surface area contributed by atoms with E-state index < -0.39 is 11.7 Å². The summed E-state index contributed by atoms with van der Waals surface area (Å²) in [4.78, 5) is 39.5. The number of hydrogen-bond donors (Lipinski definition) is 1. The molecule has 2 aromatic carbocycles. The summed E-state index contributed by atoms with van der Waals surface area (Å²) in [5, 5.41) is 2.58. The first-order chi connectivity index (χ1) is 18.6. The molecule has 7 nitrogen and oxygen atoms in total. The average Bonchev–Trinajstić information content (AvgIpc) is 2.91. The molecule has 1 saturated carbocycles. The fourth-order valence-corrected chi connectivity index (χ4v) is 5.44. The largest absolute Gasteiger partial charge is 0.460 e. The lowest BCUT2D eigenvalue weighted by Crippen LogP contribution is -2.43. The van der Waals surface area contributed by atoms with E-state index in [-0.39, 0.29) is 42.1 Å². The zero-order chi connectivity index (χ0) is 28.0. The van der Waals surface area contributed by atoms with Crippen molar-refractivity contribution in [1.82, 2.24) is 4.90 Å². The number of ether oxygens (including phenoxy) is 2. The van der Waals surface area contributed by atoms with Crippen molar-refractivity contribution in [2.75, 3.05) is 18.4 Å². The predicted octanol–water partition coefficient (Wildman–Crippen LogP) is 6.43. The Labute approximate surface area is 230 Å². The molecule has 0 unspecified atom stereocenters. The number of halogens is 1. The monoisotopic (exact) mass is 538 g/mol. The molecule has 1 N–H and O–H groups in total. The molecule has 1 heterocycles. The molecular formula is C31H39FN2O5. The van der Waals surface area contributed by atoms with Gasteiger partial charge in [-0.2, -0.15) is 0 Å². The van der Waals surface area contributed by atoms with Crippen LogP contribution < -0.4 is 5.32 Å². The Kier molecular flexibility index (Phi) is 9.25. The Bertz CT molecular complexity index is 1150. The second-order valence-electron chi connectivity index (χ2n) is 11.6. The molecule has 1 aliphatic heterocycles. The molecule has 2 amide bonds. The zero-order valence-corrected chi connectivity index (χ0v) is 23.1. The van der Waals surface area contributed by atoms with Crippen LogP contribution in [0.1, 0.15) is 76.3 Å². The highest BCUT2D eigenvalue weighted by molar-refractivity contribution is 5.84. The fourth-order valence-electron chi connectivity index (χ4n) is 5.44. The summed E-state index contributed by atoms with van der Waals surface area (Å²) in [6, 6.07) is 14.0. The van der Waals surface area contributed by atoms with Crippen LogP contribution in [0.2, 0.25) is 0 Å². The second kappa shape index (κ2) is 12.6. The lowest BCUT2D eigenvalue weighted by molar-refractivity contribution is -0.162. The number of nitrogens with one attached hydrogen (secondary N) is 1. The van der Waals surface area contributed by atoms with Crippen molar-refractivity contribution in [3.05, 3.63) is 65.5 Å². The molecule has 2 aromatic rings. The van der Waals surface area contributed by atoms with E-state index in [9.17, 15) is 18.8 Å². The normalized spacial score (nSPS) is 20.3. The van der Waals surface area contributed by atoms with Crippen LogP contribution in [-0.4, -0.2) is 41.6 Å². The molecule has 0 aromatic heterocycles. The molecule has 39 heavy (non-hydrogen) atoms. The van der Waals surface area contributed by atoms with Gasteiger partial charge in [0.1, 0.15) is 18.0 Å². The van der Waals surface area contributed by atoms with Gasteiger partial charge in [-0.1, -0.05) is 36.4 Å². The van der Waals surface area contributed by atoms with E-state index in [4.69, 9.17) is 9.47 Å². The van der Waals surface area contributed by atoms with Crippen LogP contribution in [0, 0.1) is 17.7 Å². The van der Waals surface area contributed by atoms with Gasteiger partial charge >= 0.3 is 12.1 Å². The summed E-state index contributed by atoms with van der Waals surface area (Å²) in [5.41, 5.74) is 1.30. The van der Waals surface area contributed by atoms with E-state index >= 15 is 0 Å². The Hall–Kier alpha value is -3.42. The first-order valence-corrected chi connectivity index (χ1v) is 13.9. The Morgan fingerprint density at radius 2 is 1.56 bits per heavy atom. The van der Waals surface area contributed by atoms with Gasteiger partial charge in [0, 0.05) is 24.7 Å². The number of amides is 2. The molecule has 8 heteroatoms. The molecule has 1 saturated heterocycles. The first-order valence-electron chi connectivity index (χ1n) is 13.9. The molecule has 1 aliphatic carbocycles. The van der Waals surface area contributed by atoms with E-state index in [2.05, 4.69) is 5.32 Å². The molecule has 4 rings (SSSR count). The molecule has 210 valence electrons. The molecule has 2 aliphatic rings. The van der Waals surface area contributed by atoms with E-state index in [1.54, 1.807) is 12.1 Å². The van der Waals surface area contributed by atoms with Gasteiger partial charge in [0.05, 0.1) is 5.92 Å². The van der Waals surface area contributed by atoms with E-state index in [0.29, 0.717) is 62.9 Å². The third-order valence-corrected chi connectivity index (χ3v) is 7.52. The molecule has 0 radical (unpaired) electrons. The summed E-state index contributed by atoms with van der Waals surface area (Å²) in [7, 11) is 0. The van der Waals surface area contributed by atoms with Gasteiger partial charge < -0.3 is 14.4 Å². The maximum atomic E-state index is 15.0. The van der Waals surface area contributed by atoms with Crippen LogP contribution in [0.25, 0.3) is 0 Å². The van der Waals surface area contributed by atoms with Crippen molar-refractivity contribution in [2.24, 2.45) is 11.8 Å². The van der Waals surface area contributed by atoms with Gasteiger partial charge in [-0.05, 0) is 88.5 Å². The second-order valence-corrected chi connectivity index (χ2v) is 11.6. The third-order valence-electron chi connectivity index (χ3n) is 7.52. The van der Waals surface area contributed by atoms with Crippen LogP contribution in [0.5, 0.6) is 0 Å². The van der Waals surface area contributed by atoms with E-state index in [1.165, 1.54) is 6.07 Å². The van der Waals surface area contributed by atoms with Gasteiger partial charge in [-0.15, -0.1) is 0 Å². The van der Waals surface area contributed by atoms with Gasteiger partial charge in [0.25, 0.3) is 0 Å². The van der Waals surface area contributed by atoms with E-state index in [0.717, 1.165) is 5.56 Å². The van der Waals surface area contributed by atoms with Crippen molar-refractivity contribution in [1.29, 1.82) is 0 Å². The summed E-state index contributed by atoms with van der Waals surface area (Å²) in [6.07, 6.45) is 3.46. The number of carbonyl (C=O) groups is 3. The minimum absolute atomic E-state index is 0.0102. The predicted molar refractivity (Wildman–Crippen MR) is 146 cm³/mol. The number of anilines is 1. The van der Waals surface area contributed by atoms with Gasteiger partial charge in [-0.25, -0.2) is 9.18 Å². The third kappa shape index (κ3) is 8.04. The van der Waals surface area contributed by atoms with Crippen molar-refractivity contribution < 1.29 is 28.2 Å². The van der Waals surface area contributed by atoms with Crippen LogP contribution in [-0.2, 0) is 25.7 Å². The quantitative estimate of drug-likeness (QED) is 0.429. The number of likely N-dealkylation sites (tertiary alicyclic amines) is 1. The number of piperidine rings is 1. The van der Waals surface area contributed by atoms with Crippen molar-refractivity contribution >= 4 is 23.7 Å². The molecule has 2 fully saturated rings. The molecule has 0 atom stereocenters. The molecular weight excluding hydrogens is 499 g/mol. The standard InChI is InChI=1S/C31H39FN2O5/c1-31(2,3)39-29(36)24-11-9-23(10-12-24)28(35)34-17-15-22(16-18-34)26-14-13-25(19-27(26)32)33-30(37)38-20-21-7-5-4-6-8-21/h4-8,13-14,19,22-24H,9-12,15-18,20H2,1-3H3,(H,33,37)/t23-,24-. The SMILES string of the molecule is CC(C)(C)OC(=O)[C@H]1CC[C@H](C(=O)N2CCC(c3ccc(NC(=O)OCc4ccccc4)cc3F)CC2)CC1. The minimum atomic E-state index is -0.641. The topological polar surface area (TPSA) is 84.9 Å². The van der Waals surface area contributed by atoms with Gasteiger partial charge in [-0.3, -0.25) is 14.9 Å². The number of esters is 1. The number of benzene rings is 2. The number of hydrogen-bond acceptors (Lipinski definition) is 5. The summed E-state index contributed by atoms with van der Waals surface area (Å²) >= 11 is 0. The summed E-state index contributed by atoms with van der Waals surface area (Å²) < 4.78 is 25.7. The van der Waals surface area contributed by atoms with Crippen molar-refractivity contribution in [3.63, 3.8) is 0 Å². The van der Waals surface area contributed by atoms with Crippen LogP contribution in [0.15, 0.2) is 48.5 Å². The first kappa shape index (κ1) is 28.6. The zero-order valence-electron chi connectivity index (χ0n) is 23.1. The van der Waals surface area contributed by atoms with Crippen LogP contribution in [0.4, 0.5) is 14.9 Å². The maximum absolute atomic E-state index is 15.0. The van der Waals surface area contributed by atoms with Crippen molar-refractivity contribution in [2.45, 2.75) is 77.4 Å². The average molecular weight is 539 g/mol. The summed E-state index contributed by atoms with van der Waals surface area (Å²) in [5.74, 6) is -0.585. The van der Waals surface area contributed by atoms with Crippen LogP contribution >= 0.6 is 0 Å². The van der Waals surface area contributed by atoms with Gasteiger partial charge in [0.2, 0.25) is 5.91 Å². The van der Waals surface area contributed by atoms with Crippen LogP contribution in [0.3, 0.4) is 0 Å². The highest BCUT2D eigenvalue weighted by atomic mass is 19.1. The lowest BCUT2D eigenvalue weighted by atomic mass is 9.80.